The number of rotatable bonds is 5. The number of aromatic nitrogens is 4. The molecule has 1 aliphatic heterocycles. The van der Waals surface area contributed by atoms with Crippen LogP contribution in [0.1, 0.15) is 37.2 Å². The maximum atomic E-state index is 12.6. The lowest BCUT2D eigenvalue weighted by molar-refractivity contribution is -0.126. The minimum atomic E-state index is -0.171. The smallest absolute Gasteiger partial charge is 0.299 e. The van der Waals surface area contributed by atoms with Crippen molar-refractivity contribution in [2.24, 2.45) is 0 Å². The van der Waals surface area contributed by atoms with Gasteiger partial charge in [0.05, 0.1) is 6.04 Å². The molecule has 1 aromatic carbocycles. The van der Waals surface area contributed by atoms with Crippen molar-refractivity contribution in [2.45, 2.75) is 32.4 Å². The minimum Gasteiger partial charge on any atom is -0.382 e. The Kier molecular flexibility index (Phi) is 5.83. The molecule has 1 atom stereocenters. The molecule has 0 saturated carbocycles. The third-order valence-corrected chi connectivity index (χ3v) is 6.02. The standard InChI is InChI=1S/C26H25N7O/c1-2-6-22(34)32-15-5-7-20(32)26-31-23(24-25(27)29-14-16-33(24)26)19-11-9-18(10-12-19)17-30-21-8-3-4-13-28-21/h3-4,8-14,16,20H,5,7,15,17H2,1H3,(H2,27,29)(H,28,30)/t20-/m0/s1. The third-order valence-electron chi connectivity index (χ3n) is 6.02. The fraction of sp³-hybridized carbons (Fsp3) is 0.231. The summed E-state index contributed by atoms with van der Waals surface area (Å²) in [5, 5.41) is 3.32. The van der Waals surface area contributed by atoms with Crippen LogP contribution in [0.3, 0.4) is 0 Å². The lowest BCUT2D eigenvalue weighted by Gasteiger charge is -2.21. The molecule has 1 aliphatic rings. The molecule has 1 saturated heterocycles. The van der Waals surface area contributed by atoms with Crippen molar-refractivity contribution in [1.82, 2.24) is 24.3 Å². The summed E-state index contributed by atoms with van der Waals surface area (Å²) >= 11 is 0. The quantitative estimate of drug-likeness (QED) is 0.449. The predicted molar refractivity (Wildman–Crippen MR) is 132 cm³/mol. The summed E-state index contributed by atoms with van der Waals surface area (Å²) in [5.41, 5.74) is 9.86. The summed E-state index contributed by atoms with van der Waals surface area (Å²) in [6.45, 7) is 3.00. The molecular weight excluding hydrogens is 426 g/mol. The number of imidazole rings is 1. The maximum absolute atomic E-state index is 12.6. The van der Waals surface area contributed by atoms with Crippen LogP contribution < -0.4 is 11.1 Å². The zero-order chi connectivity index (χ0) is 23.5. The van der Waals surface area contributed by atoms with Crippen molar-refractivity contribution < 1.29 is 4.79 Å². The Morgan fingerprint density at radius 2 is 2.03 bits per heavy atom. The minimum absolute atomic E-state index is 0.154. The normalized spacial score (nSPS) is 15.2. The number of nitrogens with two attached hydrogens (primary N) is 1. The average molecular weight is 452 g/mol. The molecule has 0 bridgehead atoms. The number of carbonyl (C=O) groups is 1. The molecule has 34 heavy (non-hydrogen) atoms. The van der Waals surface area contributed by atoms with E-state index in [9.17, 15) is 4.79 Å². The van der Waals surface area contributed by atoms with Gasteiger partial charge in [-0.15, -0.1) is 0 Å². The number of nitrogens with zero attached hydrogens (tertiary/aromatic N) is 5. The van der Waals surface area contributed by atoms with Crippen molar-refractivity contribution in [1.29, 1.82) is 0 Å². The number of hydrogen-bond acceptors (Lipinski definition) is 6. The maximum Gasteiger partial charge on any atom is 0.299 e. The summed E-state index contributed by atoms with van der Waals surface area (Å²) in [7, 11) is 0. The zero-order valence-corrected chi connectivity index (χ0v) is 18.9. The zero-order valence-electron chi connectivity index (χ0n) is 18.9. The first-order chi connectivity index (χ1) is 16.7. The van der Waals surface area contributed by atoms with Crippen LogP contribution in [0.15, 0.2) is 61.1 Å². The van der Waals surface area contributed by atoms with Gasteiger partial charge in [-0.1, -0.05) is 36.3 Å². The van der Waals surface area contributed by atoms with Gasteiger partial charge in [-0.3, -0.25) is 9.20 Å². The number of anilines is 2. The summed E-state index contributed by atoms with van der Waals surface area (Å²) in [5.74, 6) is 7.23. The van der Waals surface area contributed by atoms with Gasteiger partial charge in [-0.05, 0) is 43.4 Å². The van der Waals surface area contributed by atoms with E-state index < -0.39 is 0 Å². The second-order valence-corrected chi connectivity index (χ2v) is 8.15. The summed E-state index contributed by atoms with van der Waals surface area (Å²) < 4.78 is 1.96. The van der Waals surface area contributed by atoms with Crippen LogP contribution in [0, 0.1) is 11.8 Å². The monoisotopic (exact) mass is 451 g/mol. The molecule has 4 heterocycles. The second kappa shape index (κ2) is 9.24. The van der Waals surface area contributed by atoms with E-state index >= 15 is 0 Å². The van der Waals surface area contributed by atoms with E-state index in [1.165, 1.54) is 0 Å². The largest absolute Gasteiger partial charge is 0.382 e. The molecule has 1 amide bonds. The van der Waals surface area contributed by atoms with Crippen LogP contribution in [0.2, 0.25) is 0 Å². The van der Waals surface area contributed by atoms with Crippen molar-refractivity contribution in [2.75, 3.05) is 17.6 Å². The highest BCUT2D eigenvalue weighted by Gasteiger charge is 2.33. The lowest BCUT2D eigenvalue weighted by atomic mass is 10.1. The number of nitrogen functional groups attached to an aromatic ring is 1. The molecular formula is C26H25N7O. The Balaban J connectivity index is 1.48. The van der Waals surface area contributed by atoms with E-state index in [4.69, 9.17) is 10.7 Å². The van der Waals surface area contributed by atoms with Crippen LogP contribution in [0.25, 0.3) is 16.8 Å². The molecule has 0 radical (unpaired) electrons. The van der Waals surface area contributed by atoms with Gasteiger partial charge in [0, 0.05) is 37.2 Å². The molecule has 3 aromatic heterocycles. The first-order valence-corrected chi connectivity index (χ1v) is 11.3. The first-order valence-electron chi connectivity index (χ1n) is 11.3. The SMILES string of the molecule is CC#CC(=O)N1CCC[C@H]1c1nc(-c2ccc(CNc3ccccn3)cc2)c2c(N)nccn12. The lowest BCUT2D eigenvalue weighted by Crippen LogP contribution is -2.30. The molecule has 8 heteroatoms. The van der Waals surface area contributed by atoms with Gasteiger partial charge in [-0.25, -0.2) is 15.0 Å². The molecule has 170 valence electrons. The van der Waals surface area contributed by atoms with Crippen LogP contribution in [-0.2, 0) is 11.3 Å². The van der Waals surface area contributed by atoms with E-state index in [0.717, 1.165) is 46.8 Å². The van der Waals surface area contributed by atoms with Gasteiger partial charge in [-0.2, -0.15) is 0 Å². The van der Waals surface area contributed by atoms with E-state index in [2.05, 4.69) is 39.3 Å². The highest BCUT2D eigenvalue weighted by molar-refractivity contribution is 5.94. The number of nitrogens with one attached hydrogen (secondary N) is 1. The van der Waals surface area contributed by atoms with Crippen LogP contribution in [-0.4, -0.2) is 36.7 Å². The number of carbonyl (C=O) groups excluding carboxylic acids is 1. The van der Waals surface area contributed by atoms with Gasteiger partial charge < -0.3 is 16.0 Å². The van der Waals surface area contributed by atoms with Gasteiger partial charge in [0.1, 0.15) is 28.7 Å². The fourth-order valence-electron chi connectivity index (χ4n) is 4.42. The van der Waals surface area contributed by atoms with E-state index in [1.807, 2.05) is 40.9 Å². The topological polar surface area (TPSA) is 101 Å². The molecule has 4 aromatic rings. The number of benzene rings is 1. The summed E-state index contributed by atoms with van der Waals surface area (Å²) in [4.78, 5) is 28.0. The Hall–Kier alpha value is -4.38. The highest BCUT2D eigenvalue weighted by atomic mass is 16.2. The van der Waals surface area contributed by atoms with Crippen LogP contribution >= 0.6 is 0 Å². The Morgan fingerprint density at radius 3 is 2.79 bits per heavy atom. The molecule has 3 N–H and O–H groups in total. The first kappa shape index (κ1) is 21.5. The average Bonchev–Trinajstić information content (AvgIpc) is 3.50. The fourth-order valence-corrected chi connectivity index (χ4v) is 4.42. The Morgan fingerprint density at radius 1 is 1.18 bits per heavy atom. The highest BCUT2D eigenvalue weighted by Crippen LogP contribution is 2.36. The number of likely N-dealkylation sites (tertiary alicyclic amines) is 1. The van der Waals surface area contributed by atoms with Crippen LogP contribution in [0.5, 0.6) is 0 Å². The Labute approximate surface area is 197 Å². The summed E-state index contributed by atoms with van der Waals surface area (Å²) in [6, 6.07) is 13.8. The van der Waals surface area contributed by atoms with Crippen molar-refractivity contribution in [3.8, 4) is 23.1 Å². The van der Waals surface area contributed by atoms with E-state index in [-0.39, 0.29) is 11.9 Å². The van der Waals surface area contributed by atoms with Gasteiger partial charge >= 0.3 is 0 Å². The van der Waals surface area contributed by atoms with Crippen molar-refractivity contribution >= 4 is 23.1 Å². The van der Waals surface area contributed by atoms with Gasteiger partial charge in [0.25, 0.3) is 5.91 Å². The molecule has 0 spiro atoms. The van der Waals surface area contributed by atoms with Gasteiger partial charge in [0.2, 0.25) is 0 Å². The molecule has 0 aliphatic carbocycles. The number of hydrogen-bond donors (Lipinski definition) is 2. The van der Waals surface area contributed by atoms with Crippen LogP contribution in [0.4, 0.5) is 11.6 Å². The van der Waals surface area contributed by atoms with E-state index in [1.54, 1.807) is 24.2 Å². The van der Waals surface area contributed by atoms with E-state index in [0.29, 0.717) is 18.9 Å². The summed E-state index contributed by atoms with van der Waals surface area (Å²) in [6.07, 6.45) is 7.02. The number of amides is 1. The molecule has 5 rings (SSSR count). The number of fused-ring (bicyclic) bond motifs is 1. The third kappa shape index (κ3) is 4.04. The molecule has 1 fully saturated rings. The van der Waals surface area contributed by atoms with Crippen molar-refractivity contribution in [3.05, 3.63) is 72.4 Å². The second-order valence-electron chi connectivity index (χ2n) is 8.15. The van der Waals surface area contributed by atoms with Gasteiger partial charge in [0.15, 0.2) is 0 Å². The van der Waals surface area contributed by atoms with Crippen molar-refractivity contribution in [3.63, 3.8) is 0 Å². The molecule has 0 unspecified atom stereocenters. The molecule has 8 nitrogen and oxygen atoms in total. The Bertz CT molecular complexity index is 1380. The predicted octanol–water partition coefficient (Wildman–Crippen LogP) is 3.67. The number of pyridine rings is 1.